The number of para-hydroxylation sites is 1. The second-order valence-corrected chi connectivity index (χ2v) is 5.56. The highest BCUT2D eigenvalue weighted by atomic mass is 16.6. The Balaban J connectivity index is 1.61. The number of nitro benzene ring substituents is 1. The van der Waals surface area contributed by atoms with Crippen LogP contribution in [0.2, 0.25) is 0 Å². The molecule has 0 saturated heterocycles. The predicted molar refractivity (Wildman–Crippen MR) is 98.3 cm³/mol. The van der Waals surface area contributed by atoms with E-state index >= 15 is 0 Å². The Kier molecular flexibility index (Phi) is 5.24. The highest BCUT2D eigenvalue weighted by molar-refractivity contribution is 6.04. The number of nitrogens with zero attached hydrogens (tertiary/aromatic N) is 1. The summed E-state index contributed by atoms with van der Waals surface area (Å²) in [4.78, 5) is 22.6. The van der Waals surface area contributed by atoms with E-state index in [1.54, 1.807) is 18.2 Å². The summed E-state index contributed by atoms with van der Waals surface area (Å²) in [6, 6.07) is 22.3. The molecule has 0 heterocycles. The summed E-state index contributed by atoms with van der Waals surface area (Å²) in [5, 5.41) is 13.4. The van der Waals surface area contributed by atoms with Crippen molar-refractivity contribution in [2.45, 2.75) is 6.61 Å². The van der Waals surface area contributed by atoms with E-state index in [0.717, 1.165) is 11.3 Å². The summed E-state index contributed by atoms with van der Waals surface area (Å²) in [5.41, 5.74) is 1.69. The van der Waals surface area contributed by atoms with Crippen LogP contribution in [-0.2, 0) is 6.61 Å². The molecule has 0 aliphatic carbocycles. The van der Waals surface area contributed by atoms with Gasteiger partial charge >= 0.3 is 0 Å². The molecule has 0 aromatic heterocycles. The predicted octanol–water partition coefficient (Wildman–Crippen LogP) is 4.43. The van der Waals surface area contributed by atoms with Crippen LogP contribution in [0.3, 0.4) is 0 Å². The van der Waals surface area contributed by atoms with Gasteiger partial charge in [-0.2, -0.15) is 0 Å². The molecular weight excluding hydrogens is 332 g/mol. The monoisotopic (exact) mass is 348 g/mol. The van der Waals surface area contributed by atoms with Gasteiger partial charge in [-0.1, -0.05) is 36.4 Å². The van der Waals surface area contributed by atoms with Crippen molar-refractivity contribution in [2.24, 2.45) is 0 Å². The summed E-state index contributed by atoms with van der Waals surface area (Å²) in [6.45, 7) is 0.400. The van der Waals surface area contributed by atoms with Crippen LogP contribution >= 0.6 is 0 Å². The zero-order chi connectivity index (χ0) is 18.4. The van der Waals surface area contributed by atoms with Crippen LogP contribution in [0.5, 0.6) is 5.75 Å². The summed E-state index contributed by atoms with van der Waals surface area (Å²) in [6.07, 6.45) is 0. The van der Waals surface area contributed by atoms with Gasteiger partial charge in [0.25, 0.3) is 11.6 Å². The lowest BCUT2D eigenvalue weighted by molar-refractivity contribution is -0.384. The highest BCUT2D eigenvalue weighted by Gasteiger charge is 2.10. The Labute approximate surface area is 150 Å². The van der Waals surface area contributed by atoms with Gasteiger partial charge in [0.05, 0.1) is 4.92 Å². The second-order valence-electron chi connectivity index (χ2n) is 5.56. The van der Waals surface area contributed by atoms with Gasteiger partial charge in [0.15, 0.2) is 0 Å². The van der Waals surface area contributed by atoms with Crippen LogP contribution in [0.1, 0.15) is 15.9 Å². The van der Waals surface area contributed by atoms with Gasteiger partial charge in [-0.25, -0.2) is 0 Å². The SMILES string of the molecule is O=C(Nc1cccc([N+](=O)[O-])c1)c1ccc(COc2ccccc2)cc1. The number of hydrogen-bond donors (Lipinski definition) is 1. The van der Waals surface area contributed by atoms with Crippen molar-refractivity contribution in [3.63, 3.8) is 0 Å². The van der Waals surface area contributed by atoms with Crippen molar-refractivity contribution < 1.29 is 14.5 Å². The molecule has 3 aromatic rings. The average molecular weight is 348 g/mol. The Morgan fingerprint density at radius 3 is 2.38 bits per heavy atom. The molecule has 0 aliphatic rings. The van der Waals surface area contributed by atoms with Gasteiger partial charge in [-0.05, 0) is 35.9 Å². The molecule has 0 aliphatic heterocycles. The number of carbonyl (C=O) groups excluding carboxylic acids is 1. The summed E-state index contributed by atoms with van der Waals surface area (Å²) in [7, 11) is 0. The van der Waals surface area contributed by atoms with Crippen molar-refractivity contribution in [1.82, 2.24) is 0 Å². The minimum Gasteiger partial charge on any atom is -0.489 e. The number of anilines is 1. The lowest BCUT2D eigenvalue weighted by atomic mass is 10.1. The molecule has 6 heteroatoms. The van der Waals surface area contributed by atoms with Crippen molar-refractivity contribution in [3.05, 3.63) is 100 Å². The quantitative estimate of drug-likeness (QED) is 0.528. The smallest absolute Gasteiger partial charge is 0.271 e. The molecule has 130 valence electrons. The topological polar surface area (TPSA) is 81.5 Å². The first-order valence-electron chi connectivity index (χ1n) is 7.94. The third kappa shape index (κ3) is 4.45. The van der Waals surface area contributed by atoms with E-state index in [0.29, 0.717) is 17.9 Å². The molecule has 0 saturated carbocycles. The molecule has 0 fully saturated rings. The molecule has 1 amide bonds. The van der Waals surface area contributed by atoms with Gasteiger partial charge < -0.3 is 10.1 Å². The number of non-ortho nitro benzene ring substituents is 1. The molecule has 3 aromatic carbocycles. The fourth-order valence-electron chi connectivity index (χ4n) is 2.34. The van der Waals surface area contributed by atoms with Gasteiger partial charge in [0.2, 0.25) is 0 Å². The molecule has 6 nitrogen and oxygen atoms in total. The van der Waals surface area contributed by atoms with Crippen molar-refractivity contribution in [3.8, 4) is 5.75 Å². The van der Waals surface area contributed by atoms with Crippen LogP contribution in [0.4, 0.5) is 11.4 Å². The van der Waals surface area contributed by atoms with Crippen LogP contribution in [0.25, 0.3) is 0 Å². The van der Waals surface area contributed by atoms with Gasteiger partial charge in [0.1, 0.15) is 12.4 Å². The van der Waals surface area contributed by atoms with Crippen LogP contribution < -0.4 is 10.1 Å². The number of nitro groups is 1. The standard InChI is InChI=1S/C20H16N2O4/c23-20(21-17-5-4-6-18(13-17)22(24)25)16-11-9-15(10-12-16)14-26-19-7-2-1-3-8-19/h1-13H,14H2,(H,21,23). The van der Waals surface area contributed by atoms with E-state index in [1.807, 2.05) is 42.5 Å². The van der Waals surface area contributed by atoms with E-state index in [4.69, 9.17) is 4.74 Å². The number of hydrogen-bond acceptors (Lipinski definition) is 4. The number of amides is 1. The Morgan fingerprint density at radius 1 is 0.962 bits per heavy atom. The second kappa shape index (κ2) is 7.94. The minimum absolute atomic E-state index is 0.0730. The average Bonchev–Trinajstić information content (AvgIpc) is 2.68. The largest absolute Gasteiger partial charge is 0.489 e. The molecule has 0 radical (unpaired) electrons. The lowest BCUT2D eigenvalue weighted by Gasteiger charge is -2.08. The maximum atomic E-state index is 12.3. The number of benzene rings is 3. The third-order valence-corrected chi connectivity index (χ3v) is 3.68. The first-order chi connectivity index (χ1) is 12.6. The van der Waals surface area contributed by atoms with Gasteiger partial charge in [0, 0.05) is 23.4 Å². The first-order valence-corrected chi connectivity index (χ1v) is 7.94. The van der Waals surface area contributed by atoms with Crippen molar-refractivity contribution in [1.29, 1.82) is 0 Å². The van der Waals surface area contributed by atoms with E-state index < -0.39 is 4.92 Å². The van der Waals surface area contributed by atoms with E-state index in [-0.39, 0.29) is 11.6 Å². The molecule has 0 unspecified atom stereocenters. The first kappa shape index (κ1) is 17.2. The van der Waals surface area contributed by atoms with Crippen LogP contribution in [0, 0.1) is 10.1 Å². The molecule has 3 rings (SSSR count). The molecule has 0 atom stereocenters. The Morgan fingerprint density at radius 2 is 1.69 bits per heavy atom. The maximum absolute atomic E-state index is 12.3. The minimum atomic E-state index is -0.503. The Bertz CT molecular complexity index is 909. The highest BCUT2D eigenvalue weighted by Crippen LogP contribution is 2.18. The normalized spacial score (nSPS) is 10.2. The lowest BCUT2D eigenvalue weighted by Crippen LogP contribution is -2.12. The zero-order valence-electron chi connectivity index (χ0n) is 13.8. The van der Waals surface area contributed by atoms with Crippen LogP contribution in [-0.4, -0.2) is 10.8 Å². The molecular formula is C20H16N2O4. The van der Waals surface area contributed by atoms with Crippen molar-refractivity contribution >= 4 is 17.3 Å². The zero-order valence-corrected chi connectivity index (χ0v) is 13.8. The van der Waals surface area contributed by atoms with Gasteiger partial charge in [-0.15, -0.1) is 0 Å². The summed E-state index contributed by atoms with van der Waals surface area (Å²) in [5.74, 6) is 0.445. The van der Waals surface area contributed by atoms with E-state index in [1.165, 1.54) is 18.2 Å². The molecule has 1 N–H and O–H groups in total. The van der Waals surface area contributed by atoms with Gasteiger partial charge in [-0.3, -0.25) is 14.9 Å². The van der Waals surface area contributed by atoms with Crippen LogP contribution in [0.15, 0.2) is 78.9 Å². The fraction of sp³-hybridized carbons (Fsp3) is 0.0500. The Hall–Kier alpha value is -3.67. The van der Waals surface area contributed by atoms with E-state index in [9.17, 15) is 14.9 Å². The number of ether oxygens (including phenoxy) is 1. The third-order valence-electron chi connectivity index (χ3n) is 3.68. The number of rotatable bonds is 6. The van der Waals surface area contributed by atoms with E-state index in [2.05, 4.69) is 5.32 Å². The summed E-state index contributed by atoms with van der Waals surface area (Å²) < 4.78 is 5.66. The molecule has 0 spiro atoms. The van der Waals surface area contributed by atoms with Crippen molar-refractivity contribution in [2.75, 3.05) is 5.32 Å². The molecule has 0 bridgehead atoms. The maximum Gasteiger partial charge on any atom is 0.271 e. The number of nitrogens with one attached hydrogen (secondary N) is 1. The number of carbonyl (C=O) groups is 1. The fourth-order valence-corrected chi connectivity index (χ4v) is 2.34. The molecule has 26 heavy (non-hydrogen) atoms. The summed E-state index contributed by atoms with van der Waals surface area (Å²) >= 11 is 0.